The Kier molecular flexibility index (Phi) is 11.2. The molecule has 6 nitrogen and oxygen atoms in total. The molecule has 2 aliphatic rings. The summed E-state index contributed by atoms with van der Waals surface area (Å²) in [5.41, 5.74) is 5.92. The van der Waals surface area contributed by atoms with Crippen LogP contribution in [0, 0.1) is 5.92 Å². The predicted octanol–water partition coefficient (Wildman–Crippen LogP) is 1.44. The van der Waals surface area contributed by atoms with E-state index in [0.29, 0.717) is 17.9 Å². The maximum Gasteiger partial charge on any atom is 0.188 e. The van der Waals surface area contributed by atoms with Gasteiger partial charge >= 0.3 is 0 Å². The van der Waals surface area contributed by atoms with Gasteiger partial charge in [-0.1, -0.05) is 6.92 Å². The summed E-state index contributed by atoms with van der Waals surface area (Å²) in [6.07, 6.45) is 4.61. The van der Waals surface area contributed by atoms with Crippen LogP contribution < -0.4 is 11.1 Å². The Hall–Kier alpha value is -0.120. The zero-order valence-corrected chi connectivity index (χ0v) is 16.7. The molecule has 3 N–H and O–H groups in total. The lowest BCUT2D eigenvalue weighted by molar-refractivity contribution is 0.0888. The molecule has 2 heterocycles. The van der Waals surface area contributed by atoms with Gasteiger partial charge in [-0.05, 0) is 38.8 Å². The van der Waals surface area contributed by atoms with E-state index in [1.54, 1.807) is 0 Å². The van der Waals surface area contributed by atoms with Crippen molar-refractivity contribution in [2.24, 2.45) is 16.6 Å². The molecule has 0 aliphatic carbocycles. The molecule has 0 saturated carbocycles. The lowest BCUT2D eigenvalue weighted by atomic mass is 10.1. The molecule has 2 fully saturated rings. The Labute approximate surface area is 157 Å². The van der Waals surface area contributed by atoms with Gasteiger partial charge in [0.05, 0.1) is 19.8 Å². The van der Waals surface area contributed by atoms with Crippen molar-refractivity contribution >= 4 is 29.9 Å². The summed E-state index contributed by atoms with van der Waals surface area (Å²) in [4.78, 5) is 6.95. The molecule has 0 radical (unpaired) electrons. The number of aliphatic imine (C=N–C) groups is 1. The molecular formula is C16H33IN4O2. The molecule has 0 amide bonds. The SMILES string of the molecule is CCN1CCCC1CN=C(N)NCCCOCC1CCOC1.I. The van der Waals surface area contributed by atoms with Crippen LogP contribution in [0.3, 0.4) is 0 Å². The first-order valence-corrected chi connectivity index (χ1v) is 8.73. The van der Waals surface area contributed by atoms with Gasteiger partial charge in [0.1, 0.15) is 0 Å². The van der Waals surface area contributed by atoms with Crippen LogP contribution in [0.1, 0.15) is 32.6 Å². The number of hydrogen-bond acceptors (Lipinski definition) is 4. The smallest absolute Gasteiger partial charge is 0.188 e. The number of ether oxygens (including phenoxy) is 2. The van der Waals surface area contributed by atoms with E-state index >= 15 is 0 Å². The fourth-order valence-corrected chi connectivity index (χ4v) is 3.13. The highest BCUT2D eigenvalue weighted by Crippen LogP contribution is 2.16. The number of halogens is 1. The third-order valence-electron chi connectivity index (χ3n) is 4.53. The molecule has 2 saturated heterocycles. The third kappa shape index (κ3) is 8.00. The van der Waals surface area contributed by atoms with Gasteiger partial charge < -0.3 is 20.5 Å². The first kappa shape index (κ1) is 20.9. The average molecular weight is 440 g/mol. The van der Waals surface area contributed by atoms with Crippen LogP contribution in [-0.2, 0) is 9.47 Å². The molecule has 2 aliphatic heterocycles. The molecule has 7 heteroatoms. The Balaban J connectivity index is 0.00000264. The maximum absolute atomic E-state index is 5.92. The summed E-state index contributed by atoms with van der Waals surface area (Å²) in [5.74, 6) is 1.15. The normalized spacial score (nSPS) is 25.5. The van der Waals surface area contributed by atoms with E-state index in [9.17, 15) is 0 Å². The Morgan fingerprint density at radius 2 is 2.30 bits per heavy atom. The summed E-state index contributed by atoms with van der Waals surface area (Å²) in [7, 11) is 0. The van der Waals surface area contributed by atoms with Gasteiger partial charge in [0.2, 0.25) is 0 Å². The first-order valence-electron chi connectivity index (χ1n) is 8.73. The first-order chi connectivity index (χ1) is 10.8. The molecule has 2 rings (SSSR count). The molecule has 136 valence electrons. The van der Waals surface area contributed by atoms with Gasteiger partial charge in [0, 0.05) is 31.7 Å². The largest absolute Gasteiger partial charge is 0.381 e. The van der Waals surface area contributed by atoms with Crippen molar-refractivity contribution < 1.29 is 9.47 Å². The van der Waals surface area contributed by atoms with E-state index in [0.717, 1.165) is 58.9 Å². The van der Waals surface area contributed by atoms with Gasteiger partial charge in [-0.2, -0.15) is 0 Å². The zero-order valence-electron chi connectivity index (χ0n) is 14.3. The molecule has 0 aromatic heterocycles. The van der Waals surface area contributed by atoms with Gasteiger partial charge in [0.15, 0.2) is 5.96 Å². The maximum atomic E-state index is 5.92. The molecule has 2 atom stereocenters. The topological polar surface area (TPSA) is 72.1 Å². The van der Waals surface area contributed by atoms with Gasteiger partial charge in [0.25, 0.3) is 0 Å². The summed E-state index contributed by atoms with van der Waals surface area (Å²) in [5, 5.41) is 3.17. The van der Waals surface area contributed by atoms with Crippen LogP contribution in [0.5, 0.6) is 0 Å². The van der Waals surface area contributed by atoms with Crippen molar-refractivity contribution in [3.05, 3.63) is 0 Å². The van der Waals surface area contributed by atoms with Crippen LogP contribution in [0.25, 0.3) is 0 Å². The number of guanidine groups is 1. The Morgan fingerprint density at radius 3 is 3.04 bits per heavy atom. The predicted molar refractivity (Wildman–Crippen MR) is 105 cm³/mol. The van der Waals surface area contributed by atoms with Crippen molar-refractivity contribution in [3.63, 3.8) is 0 Å². The minimum absolute atomic E-state index is 0. The Bertz CT molecular complexity index is 338. The molecule has 0 aromatic carbocycles. The van der Waals surface area contributed by atoms with E-state index in [1.807, 2.05) is 0 Å². The second-order valence-corrected chi connectivity index (χ2v) is 6.24. The van der Waals surface area contributed by atoms with E-state index in [-0.39, 0.29) is 24.0 Å². The number of likely N-dealkylation sites (N-methyl/N-ethyl adjacent to an activating group) is 1. The second kappa shape index (κ2) is 12.3. The number of likely N-dealkylation sites (tertiary alicyclic amines) is 1. The van der Waals surface area contributed by atoms with Crippen molar-refractivity contribution in [2.75, 3.05) is 52.6 Å². The molecule has 23 heavy (non-hydrogen) atoms. The van der Waals surface area contributed by atoms with E-state index < -0.39 is 0 Å². The van der Waals surface area contributed by atoms with E-state index in [1.165, 1.54) is 19.4 Å². The van der Waals surface area contributed by atoms with E-state index in [2.05, 4.69) is 22.1 Å². The van der Waals surface area contributed by atoms with Gasteiger partial charge in [-0.3, -0.25) is 9.89 Å². The third-order valence-corrected chi connectivity index (χ3v) is 4.53. The van der Waals surface area contributed by atoms with Crippen LogP contribution in [-0.4, -0.2) is 69.5 Å². The minimum Gasteiger partial charge on any atom is -0.381 e. The molecule has 0 aromatic rings. The second-order valence-electron chi connectivity index (χ2n) is 6.24. The van der Waals surface area contributed by atoms with E-state index in [4.69, 9.17) is 15.2 Å². The highest BCUT2D eigenvalue weighted by atomic mass is 127. The molecular weight excluding hydrogens is 407 g/mol. The fourth-order valence-electron chi connectivity index (χ4n) is 3.13. The molecule has 2 unspecified atom stereocenters. The standard InChI is InChI=1S/C16H32N4O2.HI/c1-2-20-8-3-5-15(20)11-19-16(17)18-7-4-9-21-12-14-6-10-22-13-14;/h14-15H,2-13H2,1H3,(H3,17,18,19);1H. The van der Waals surface area contributed by atoms with Crippen LogP contribution in [0.15, 0.2) is 4.99 Å². The van der Waals surface area contributed by atoms with Crippen molar-refractivity contribution in [1.82, 2.24) is 10.2 Å². The van der Waals surface area contributed by atoms with Crippen LogP contribution in [0.2, 0.25) is 0 Å². The summed E-state index contributed by atoms with van der Waals surface area (Å²) >= 11 is 0. The van der Waals surface area contributed by atoms with Crippen molar-refractivity contribution in [1.29, 1.82) is 0 Å². The van der Waals surface area contributed by atoms with Crippen LogP contribution in [0.4, 0.5) is 0 Å². The number of rotatable bonds is 9. The zero-order chi connectivity index (χ0) is 15.6. The molecule has 0 spiro atoms. The fraction of sp³-hybridized carbons (Fsp3) is 0.938. The number of hydrogen-bond donors (Lipinski definition) is 2. The molecule has 0 bridgehead atoms. The highest BCUT2D eigenvalue weighted by Gasteiger charge is 2.22. The van der Waals surface area contributed by atoms with Crippen molar-refractivity contribution in [3.8, 4) is 0 Å². The Morgan fingerprint density at radius 1 is 1.43 bits per heavy atom. The monoisotopic (exact) mass is 440 g/mol. The summed E-state index contributed by atoms with van der Waals surface area (Å²) in [6, 6.07) is 0.572. The van der Waals surface area contributed by atoms with Gasteiger partial charge in [-0.25, -0.2) is 0 Å². The number of nitrogens with two attached hydrogens (primary N) is 1. The number of nitrogens with one attached hydrogen (secondary N) is 1. The average Bonchev–Trinajstić information content (AvgIpc) is 3.19. The summed E-state index contributed by atoms with van der Waals surface area (Å²) < 4.78 is 11.0. The quantitative estimate of drug-likeness (QED) is 0.246. The lowest BCUT2D eigenvalue weighted by Gasteiger charge is -2.20. The van der Waals surface area contributed by atoms with Crippen LogP contribution >= 0.6 is 24.0 Å². The lowest BCUT2D eigenvalue weighted by Crippen LogP contribution is -2.36. The summed E-state index contributed by atoms with van der Waals surface area (Å²) in [6.45, 7) is 9.48. The van der Waals surface area contributed by atoms with Gasteiger partial charge in [-0.15, -0.1) is 24.0 Å². The highest BCUT2D eigenvalue weighted by molar-refractivity contribution is 14.0. The van der Waals surface area contributed by atoms with Crippen molar-refractivity contribution in [2.45, 2.75) is 38.6 Å². The number of nitrogens with zero attached hydrogens (tertiary/aromatic N) is 2. The minimum atomic E-state index is 0.